The van der Waals surface area contributed by atoms with Crippen LogP contribution in [-0.4, -0.2) is 25.1 Å². The molecular formula is C9H17ClF3N. The highest BCUT2D eigenvalue weighted by Gasteiger charge is 2.26. The molecule has 0 aromatic heterocycles. The van der Waals surface area contributed by atoms with Crippen LogP contribution in [0.25, 0.3) is 0 Å². The SMILES string of the molecule is CC(C)(CCCl)CNCCC(F)(F)F. The van der Waals surface area contributed by atoms with Crippen molar-refractivity contribution in [2.45, 2.75) is 32.9 Å². The monoisotopic (exact) mass is 231 g/mol. The normalized spacial score (nSPS) is 13.3. The van der Waals surface area contributed by atoms with Crippen LogP contribution < -0.4 is 5.32 Å². The van der Waals surface area contributed by atoms with Gasteiger partial charge in [0.1, 0.15) is 0 Å². The van der Waals surface area contributed by atoms with Gasteiger partial charge >= 0.3 is 6.18 Å². The zero-order chi connectivity index (χ0) is 11.2. The number of hydrogen-bond donors (Lipinski definition) is 1. The van der Waals surface area contributed by atoms with E-state index in [2.05, 4.69) is 5.32 Å². The first-order valence-electron chi connectivity index (χ1n) is 4.60. The summed E-state index contributed by atoms with van der Waals surface area (Å²) in [4.78, 5) is 0. The minimum Gasteiger partial charge on any atom is -0.316 e. The number of halogens is 4. The maximum atomic E-state index is 11.8. The number of hydrogen-bond acceptors (Lipinski definition) is 1. The first kappa shape index (κ1) is 14.0. The summed E-state index contributed by atoms with van der Waals surface area (Å²) in [5, 5.41) is 2.79. The van der Waals surface area contributed by atoms with E-state index in [4.69, 9.17) is 11.6 Å². The Balaban J connectivity index is 3.54. The van der Waals surface area contributed by atoms with Gasteiger partial charge < -0.3 is 5.32 Å². The molecule has 0 unspecified atom stereocenters. The third kappa shape index (κ3) is 8.63. The molecule has 0 rings (SSSR count). The van der Waals surface area contributed by atoms with Crippen molar-refractivity contribution < 1.29 is 13.2 Å². The Hall–Kier alpha value is 0.0400. The van der Waals surface area contributed by atoms with Crippen molar-refractivity contribution in [3.05, 3.63) is 0 Å². The number of alkyl halides is 4. The fourth-order valence-electron chi connectivity index (χ4n) is 1.00. The van der Waals surface area contributed by atoms with Crippen LogP contribution in [0.15, 0.2) is 0 Å². The lowest BCUT2D eigenvalue weighted by Crippen LogP contribution is -2.32. The van der Waals surface area contributed by atoms with E-state index in [1.54, 1.807) is 0 Å². The highest BCUT2D eigenvalue weighted by atomic mass is 35.5. The van der Waals surface area contributed by atoms with Crippen LogP contribution in [0.5, 0.6) is 0 Å². The van der Waals surface area contributed by atoms with Crippen molar-refractivity contribution in [2.75, 3.05) is 19.0 Å². The van der Waals surface area contributed by atoms with Gasteiger partial charge in [0.15, 0.2) is 0 Å². The molecule has 1 nitrogen and oxygen atoms in total. The van der Waals surface area contributed by atoms with Crippen LogP contribution in [0, 0.1) is 5.41 Å². The average molecular weight is 232 g/mol. The first-order chi connectivity index (χ1) is 6.27. The lowest BCUT2D eigenvalue weighted by molar-refractivity contribution is -0.133. The summed E-state index contributed by atoms with van der Waals surface area (Å²) in [7, 11) is 0. The second kappa shape index (κ2) is 5.81. The lowest BCUT2D eigenvalue weighted by atomic mass is 9.90. The number of rotatable bonds is 6. The molecule has 5 heteroatoms. The fourth-order valence-corrected chi connectivity index (χ4v) is 1.51. The Bertz CT molecular complexity index is 157. The molecule has 0 aromatic carbocycles. The predicted molar refractivity (Wildman–Crippen MR) is 52.7 cm³/mol. The van der Waals surface area contributed by atoms with Crippen LogP contribution in [0.1, 0.15) is 26.7 Å². The Morgan fingerprint density at radius 3 is 2.14 bits per heavy atom. The second-order valence-electron chi connectivity index (χ2n) is 4.15. The van der Waals surface area contributed by atoms with Crippen molar-refractivity contribution in [3.8, 4) is 0 Å². The Morgan fingerprint density at radius 2 is 1.71 bits per heavy atom. The van der Waals surface area contributed by atoms with E-state index >= 15 is 0 Å². The van der Waals surface area contributed by atoms with E-state index in [0.717, 1.165) is 6.42 Å². The highest BCUT2D eigenvalue weighted by Crippen LogP contribution is 2.21. The average Bonchev–Trinajstić information content (AvgIpc) is 1.96. The van der Waals surface area contributed by atoms with E-state index in [-0.39, 0.29) is 12.0 Å². The molecular weight excluding hydrogens is 215 g/mol. The molecule has 86 valence electrons. The van der Waals surface area contributed by atoms with Crippen molar-refractivity contribution in [1.82, 2.24) is 5.32 Å². The first-order valence-corrected chi connectivity index (χ1v) is 5.14. The van der Waals surface area contributed by atoms with Gasteiger partial charge in [-0.05, 0) is 11.8 Å². The van der Waals surface area contributed by atoms with Crippen LogP contribution in [-0.2, 0) is 0 Å². The second-order valence-corrected chi connectivity index (χ2v) is 4.52. The van der Waals surface area contributed by atoms with Gasteiger partial charge in [-0.2, -0.15) is 13.2 Å². The van der Waals surface area contributed by atoms with Crippen molar-refractivity contribution in [2.24, 2.45) is 5.41 Å². The van der Waals surface area contributed by atoms with Crippen molar-refractivity contribution >= 4 is 11.6 Å². The summed E-state index contributed by atoms with van der Waals surface area (Å²) in [5.74, 6) is 0.536. The summed E-state index contributed by atoms with van der Waals surface area (Å²) in [6.07, 6.45) is -4.04. The smallest absolute Gasteiger partial charge is 0.316 e. The van der Waals surface area contributed by atoms with Crippen molar-refractivity contribution in [1.29, 1.82) is 0 Å². The topological polar surface area (TPSA) is 12.0 Å². The van der Waals surface area contributed by atoms with Crippen LogP contribution >= 0.6 is 11.6 Å². The predicted octanol–water partition coefficient (Wildman–Crippen LogP) is 3.18. The maximum absolute atomic E-state index is 11.8. The minimum absolute atomic E-state index is 0.0186. The molecule has 0 bridgehead atoms. The molecule has 0 saturated heterocycles. The van der Waals surface area contributed by atoms with Gasteiger partial charge in [-0.25, -0.2) is 0 Å². The Morgan fingerprint density at radius 1 is 1.14 bits per heavy atom. The highest BCUT2D eigenvalue weighted by molar-refractivity contribution is 6.17. The molecule has 0 spiro atoms. The number of nitrogens with one attached hydrogen (secondary N) is 1. The zero-order valence-electron chi connectivity index (χ0n) is 8.55. The minimum atomic E-state index is -4.07. The van der Waals surface area contributed by atoms with Gasteiger partial charge in [-0.15, -0.1) is 11.6 Å². The lowest BCUT2D eigenvalue weighted by Gasteiger charge is -2.24. The molecule has 0 saturated carbocycles. The molecule has 0 amide bonds. The third-order valence-electron chi connectivity index (χ3n) is 1.96. The van der Waals surface area contributed by atoms with E-state index in [9.17, 15) is 13.2 Å². The van der Waals surface area contributed by atoms with Crippen LogP contribution in [0.3, 0.4) is 0 Å². The molecule has 0 aliphatic heterocycles. The van der Waals surface area contributed by atoms with Gasteiger partial charge in [0.2, 0.25) is 0 Å². The molecule has 1 N–H and O–H groups in total. The third-order valence-corrected chi connectivity index (χ3v) is 2.15. The molecule has 0 fully saturated rings. The largest absolute Gasteiger partial charge is 0.390 e. The summed E-state index contributed by atoms with van der Waals surface area (Å²) in [6.45, 7) is 4.51. The summed E-state index contributed by atoms with van der Waals surface area (Å²) in [5.41, 5.74) is -0.0344. The molecule has 14 heavy (non-hydrogen) atoms. The van der Waals surface area contributed by atoms with E-state index in [0.29, 0.717) is 12.4 Å². The molecule has 0 atom stereocenters. The van der Waals surface area contributed by atoms with E-state index in [1.807, 2.05) is 13.8 Å². The Labute approximate surface area is 88.0 Å². The van der Waals surface area contributed by atoms with Crippen molar-refractivity contribution in [3.63, 3.8) is 0 Å². The fraction of sp³-hybridized carbons (Fsp3) is 1.00. The molecule has 0 aliphatic carbocycles. The maximum Gasteiger partial charge on any atom is 0.390 e. The summed E-state index contributed by atoms with van der Waals surface area (Å²) >= 11 is 5.56. The van der Waals surface area contributed by atoms with Crippen LogP contribution in [0.4, 0.5) is 13.2 Å². The van der Waals surface area contributed by atoms with E-state index in [1.165, 1.54) is 0 Å². The Kier molecular flexibility index (Phi) is 5.83. The molecule has 0 radical (unpaired) electrons. The van der Waals surface area contributed by atoms with Gasteiger partial charge in [0, 0.05) is 19.0 Å². The van der Waals surface area contributed by atoms with Gasteiger partial charge in [-0.1, -0.05) is 13.8 Å². The van der Waals surface area contributed by atoms with Crippen LogP contribution in [0.2, 0.25) is 0 Å². The quantitative estimate of drug-likeness (QED) is 0.547. The van der Waals surface area contributed by atoms with Gasteiger partial charge in [-0.3, -0.25) is 0 Å². The standard InChI is InChI=1S/C9H17ClF3N/c1-8(2,3-5-10)7-14-6-4-9(11,12)13/h14H,3-7H2,1-2H3. The molecule has 0 aromatic rings. The zero-order valence-corrected chi connectivity index (χ0v) is 9.30. The van der Waals surface area contributed by atoms with E-state index < -0.39 is 12.6 Å². The molecule has 0 aliphatic rings. The summed E-state index contributed by atoms with van der Waals surface area (Å²) < 4.78 is 35.3. The summed E-state index contributed by atoms with van der Waals surface area (Å²) in [6, 6.07) is 0. The van der Waals surface area contributed by atoms with Gasteiger partial charge in [0.05, 0.1) is 6.42 Å². The molecule has 0 heterocycles. The van der Waals surface area contributed by atoms with Gasteiger partial charge in [0.25, 0.3) is 0 Å².